The Morgan fingerprint density at radius 2 is 2.03 bits per heavy atom. The fourth-order valence-electron chi connectivity index (χ4n) is 9.94. The number of aliphatic imine (C=N–C) groups is 1. The Morgan fingerprint density at radius 3 is 2.76 bits per heavy atom. The first-order valence-corrected chi connectivity index (χ1v) is 13.7. The standard InChI is InChI=1S/C28H38N4O5/c1-30-24(29)32-12-10-25(15-31-11-13-33)9-8-20-27-17-4-2-3-5-21(34)28(20,37)22(23(35)36)19(27)14-18(7-6-17)26(25,27)16-32/h8-10,12,17-18,20,31,33,37H,2-7,11,13-16H2,1H3,(H2,29,30)(H,35,36)/t17-,18-,20+,25-,26-,27+,28-/m1/s1. The highest BCUT2D eigenvalue weighted by molar-refractivity contribution is 6.05. The number of rotatable bonds is 5. The molecule has 0 unspecified atom stereocenters. The second-order valence-electron chi connectivity index (χ2n) is 11.9. The number of Topliss-reactive ketones (excluding diaryl/α,β-unsaturated/α-hetero) is 1. The van der Waals surface area contributed by atoms with E-state index in [1.54, 1.807) is 7.05 Å². The molecule has 0 aromatic carbocycles. The topological polar surface area (TPSA) is 148 Å². The fourth-order valence-corrected chi connectivity index (χ4v) is 9.94. The van der Waals surface area contributed by atoms with E-state index < -0.39 is 33.7 Å². The lowest BCUT2D eigenvalue weighted by molar-refractivity contribution is -0.175. The summed E-state index contributed by atoms with van der Waals surface area (Å²) in [5.74, 6) is -1.46. The molecule has 3 bridgehead atoms. The second kappa shape index (κ2) is 8.25. The lowest BCUT2D eigenvalue weighted by atomic mass is 9.36. The summed E-state index contributed by atoms with van der Waals surface area (Å²) >= 11 is 0. The summed E-state index contributed by atoms with van der Waals surface area (Å²) in [6.07, 6.45) is 13.4. The van der Waals surface area contributed by atoms with Gasteiger partial charge < -0.3 is 31.3 Å². The van der Waals surface area contributed by atoms with Crippen molar-refractivity contribution in [1.29, 1.82) is 0 Å². The maximum Gasteiger partial charge on any atom is 0.334 e. The van der Waals surface area contributed by atoms with Crippen LogP contribution in [0.1, 0.15) is 44.9 Å². The molecule has 6 aliphatic rings. The maximum atomic E-state index is 13.7. The van der Waals surface area contributed by atoms with Crippen LogP contribution in [0.25, 0.3) is 0 Å². The zero-order chi connectivity index (χ0) is 26.2. The van der Waals surface area contributed by atoms with E-state index >= 15 is 0 Å². The average Bonchev–Trinajstić information content (AvgIpc) is 3.23. The van der Waals surface area contributed by atoms with Gasteiger partial charge in [0, 0.05) is 61.5 Å². The molecule has 3 fully saturated rings. The minimum absolute atomic E-state index is 0.0143. The molecular formula is C28H38N4O5. The van der Waals surface area contributed by atoms with Gasteiger partial charge in [0.2, 0.25) is 0 Å². The Bertz CT molecular complexity index is 1160. The van der Waals surface area contributed by atoms with Gasteiger partial charge in [-0.25, -0.2) is 4.79 Å². The number of aliphatic carboxylic acids is 1. The Labute approximate surface area is 217 Å². The van der Waals surface area contributed by atoms with Gasteiger partial charge in [-0.15, -0.1) is 0 Å². The molecule has 6 N–H and O–H groups in total. The number of hydrogen-bond acceptors (Lipinski definition) is 6. The third kappa shape index (κ3) is 2.72. The summed E-state index contributed by atoms with van der Waals surface area (Å²) in [7, 11) is 1.66. The van der Waals surface area contributed by atoms with Crippen molar-refractivity contribution in [2.45, 2.75) is 50.5 Å². The van der Waals surface area contributed by atoms with Crippen LogP contribution in [0.3, 0.4) is 0 Å². The molecule has 0 aromatic heterocycles. The molecule has 9 nitrogen and oxygen atoms in total. The van der Waals surface area contributed by atoms with E-state index in [-0.39, 0.29) is 36.2 Å². The number of ketones is 1. The van der Waals surface area contributed by atoms with Gasteiger partial charge in [0.1, 0.15) is 0 Å². The minimum Gasteiger partial charge on any atom is -0.478 e. The molecule has 1 heterocycles. The molecule has 0 saturated heterocycles. The molecule has 200 valence electrons. The van der Waals surface area contributed by atoms with Crippen LogP contribution < -0.4 is 11.1 Å². The number of carboxylic acid groups (broad SMARTS) is 1. The first kappa shape index (κ1) is 24.8. The molecule has 3 saturated carbocycles. The summed E-state index contributed by atoms with van der Waals surface area (Å²) in [6.45, 7) is 1.56. The van der Waals surface area contributed by atoms with Crippen LogP contribution >= 0.6 is 0 Å². The number of carbonyl (C=O) groups is 2. The number of carbonyl (C=O) groups excluding carboxylic acids is 1. The van der Waals surface area contributed by atoms with E-state index in [0.717, 1.165) is 31.3 Å². The van der Waals surface area contributed by atoms with Gasteiger partial charge in [0.25, 0.3) is 0 Å². The number of nitrogens with two attached hydrogens (primary N) is 1. The maximum absolute atomic E-state index is 13.7. The van der Waals surface area contributed by atoms with E-state index in [4.69, 9.17) is 5.73 Å². The van der Waals surface area contributed by atoms with Gasteiger partial charge in [0.15, 0.2) is 17.3 Å². The van der Waals surface area contributed by atoms with Crippen LogP contribution in [0.5, 0.6) is 0 Å². The van der Waals surface area contributed by atoms with Crippen molar-refractivity contribution in [3.8, 4) is 0 Å². The Kier molecular flexibility index (Phi) is 5.54. The number of nitrogens with one attached hydrogen (secondary N) is 1. The Hall–Kier alpha value is -2.49. The number of nitrogens with zero attached hydrogens (tertiary/aromatic N) is 2. The first-order valence-electron chi connectivity index (χ1n) is 13.7. The van der Waals surface area contributed by atoms with Crippen LogP contribution in [0.4, 0.5) is 0 Å². The van der Waals surface area contributed by atoms with Crippen molar-refractivity contribution < 1.29 is 24.9 Å². The smallest absolute Gasteiger partial charge is 0.334 e. The third-order valence-corrected chi connectivity index (χ3v) is 11.0. The normalized spacial score (nSPS) is 44.0. The molecule has 37 heavy (non-hydrogen) atoms. The number of aliphatic hydroxyl groups excluding tert-OH is 1. The van der Waals surface area contributed by atoms with Gasteiger partial charge >= 0.3 is 5.97 Å². The highest BCUT2D eigenvalue weighted by atomic mass is 16.4. The van der Waals surface area contributed by atoms with Crippen molar-refractivity contribution >= 4 is 17.7 Å². The van der Waals surface area contributed by atoms with Gasteiger partial charge in [-0.05, 0) is 49.5 Å². The van der Waals surface area contributed by atoms with Crippen molar-refractivity contribution in [1.82, 2.24) is 10.2 Å². The molecule has 0 amide bonds. The number of hydrogen-bond donors (Lipinski definition) is 5. The zero-order valence-electron chi connectivity index (χ0n) is 21.4. The molecule has 2 spiro atoms. The summed E-state index contributed by atoms with van der Waals surface area (Å²) in [4.78, 5) is 32.9. The van der Waals surface area contributed by atoms with Crippen LogP contribution in [0.15, 0.2) is 40.6 Å². The van der Waals surface area contributed by atoms with Crippen molar-refractivity contribution in [3.05, 3.63) is 35.6 Å². The predicted molar refractivity (Wildman–Crippen MR) is 137 cm³/mol. The SMILES string of the molecule is CN=C(N)N1C=C[C@@]2(CNCCO)C=C[C@@H]3[C@@]4(O)C(=O)CCCC[C@@H]5CC[C@@H]6CC(=C4C(=O)O)[C@@]53[C@]62C1. The largest absolute Gasteiger partial charge is 0.478 e. The first-order chi connectivity index (χ1) is 17.7. The van der Waals surface area contributed by atoms with Crippen LogP contribution in [-0.2, 0) is 9.59 Å². The highest BCUT2D eigenvalue weighted by Crippen LogP contribution is 2.83. The van der Waals surface area contributed by atoms with Gasteiger partial charge in [-0.1, -0.05) is 24.6 Å². The molecule has 0 aromatic rings. The van der Waals surface area contributed by atoms with Gasteiger partial charge in [0.05, 0.1) is 12.2 Å². The van der Waals surface area contributed by atoms with Crippen LogP contribution in [0, 0.1) is 34.0 Å². The van der Waals surface area contributed by atoms with Crippen LogP contribution in [0.2, 0.25) is 0 Å². The predicted octanol–water partition coefficient (Wildman–Crippen LogP) is 1.19. The van der Waals surface area contributed by atoms with Crippen molar-refractivity contribution in [2.24, 2.45) is 44.7 Å². The molecule has 0 radical (unpaired) electrons. The summed E-state index contributed by atoms with van der Waals surface area (Å²) in [6, 6.07) is 0. The third-order valence-electron chi connectivity index (χ3n) is 11.0. The Morgan fingerprint density at radius 1 is 1.24 bits per heavy atom. The van der Waals surface area contributed by atoms with Crippen molar-refractivity contribution in [2.75, 3.05) is 33.3 Å². The summed E-state index contributed by atoms with van der Waals surface area (Å²) < 4.78 is 0. The van der Waals surface area contributed by atoms with Gasteiger partial charge in [-0.3, -0.25) is 9.79 Å². The number of carboxylic acids is 1. The lowest BCUT2D eigenvalue weighted by Crippen LogP contribution is -2.71. The monoisotopic (exact) mass is 510 g/mol. The van der Waals surface area contributed by atoms with Crippen molar-refractivity contribution in [3.63, 3.8) is 0 Å². The molecule has 7 atom stereocenters. The Balaban J connectivity index is 1.70. The molecule has 1 aliphatic heterocycles. The minimum atomic E-state index is -2.03. The second-order valence-corrected chi connectivity index (χ2v) is 11.9. The van der Waals surface area contributed by atoms with E-state index in [1.807, 2.05) is 17.2 Å². The molecule has 9 heteroatoms. The number of aliphatic hydroxyl groups is 2. The van der Waals surface area contributed by atoms with E-state index in [0.29, 0.717) is 38.4 Å². The summed E-state index contributed by atoms with van der Waals surface area (Å²) in [5.41, 5.74) is 3.41. The number of allylic oxidation sites excluding steroid dienone is 1. The highest BCUT2D eigenvalue weighted by Gasteiger charge is 2.83. The average molecular weight is 511 g/mol. The lowest BCUT2D eigenvalue weighted by Gasteiger charge is -2.69. The van der Waals surface area contributed by atoms with E-state index in [9.17, 15) is 24.9 Å². The number of guanidine groups is 1. The summed E-state index contributed by atoms with van der Waals surface area (Å²) in [5, 5.41) is 35.9. The quantitative estimate of drug-likeness (QED) is 0.160. The zero-order valence-corrected chi connectivity index (χ0v) is 21.4. The van der Waals surface area contributed by atoms with E-state index in [2.05, 4.69) is 22.5 Å². The van der Waals surface area contributed by atoms with Gasteiger partial charge in [-0.2, -0.15) is 0 Å². The van der Waals surface area contributed by atoms with Crippen LogP contribution in [-0.4, -0.2) is 76.8 Å². The molecular weight excluding hydrogens is 472 g/mol. The van der Waals surface area contributed by atoms with E-state index in [1.165, 1.54) is 0 Å². The fraction of sp³-hybridized carbons (Fsp3) is 0.679. The molecule has 6 rings (SSSR count). The molecule has 5 aliphatic carbocycles.